The van der Waals surface area contributed by atoms with E-state index >= 15 is 0 Å². The van der Waals surface area contributed by atoms with Crippen molar-refractivity contribution < 1.29 is 4.79 Å². The van der Waals surface area contributed by atoms with Gasteiger partial charge in [0, 0.05) is 30.5 Å². The Bertz CT molecular complexity index is 684. The second-order valence-electron chi connectivity index (χ2n) is 8.86. The normalized spacial score (nSPS) is 28.0. The number of hydrogen-bond donors (Lipinski definition) is 1. The summed E-state index contributed by atoms with van der Waals surface area (Å²) >= 11 is 4.44. The zero-order valence-electron chi connectivity index (χ0n) is 18.0. The second-order valence-corrected chi connectivity index (χ2v) is 11.9. The van der Waals surface area contributed by atoms with E-state index in [1.165, 1.54) is 41.9 Å². The van der Waals surface area contributed by atoms with E-state index in [1.807, 2.05) is 0 Å². The zero-order chi connectivity index (χ0) is 20.3. The first kappa shape index (κ1) is 21.6. The Morgan fingerprint density at radius 2 is 1.69 bits per heavy atom. The highest BCUT2D eigenvalue weighted by Gasteiger charge is 2.55. The van der Waals surface area contributed by atoms with Gasteiger partial charge in [0.2, 0.25) is 5.91 Å². The van der Waals surface area contributed by atoms with Crippen LogP contribution in [0, 0.1) is 17.8 Å². The van der Waals surface area contributed by atoms with E-state index in [0.717, 1.165) is 44.3 Å². The number of amides is 1. The standard InChI is InChI=1S/C24H36N2OS2/c1-3-26(4-2)17-19-9-6-5-8-18(19)16-25-23(27)20-14-21-10-7-11-22(15-20)24(21)28-12-13-29-24/h5-6,8-9,20-22H,3-4,7,10-17H2,1-2H3,(H,25,27)/t20?,21-,22+. The molecule has 2 aliphatic carbocycles. The van der Waals surface area contributed by atoms with Crippen molar-refractivity contribution in [1.82, 2.24) is 10.2 Å². The minimum atomic E-state index is 0.215. The monoisotopic (exact) mass is 432 g/mol. The highest BCUT2D eigenvalue weighted by atomic mass is 32.2. The predicted molar refractivity (Wildman–Crippen MR) is 126 cm³/mol. The Labute approximate surface area is 185 Å². The molecule has 3 fully saturated rings. The van der Waals surface area contributed by atoms with Crippen LogP contribution in [0.15, 0.2) is 24.3 Å². The lowest BCUT2D eigenvalue weighted by molar-refractivity contribution is -0.127. The average Bonchev–Trinajstić information content (AvgIpc) is 3.20. The van der Waals surface area contributed by atoms with Gasteiger partial charge in [-0.05, 0) is 61.7 Å². The Hall–Kier alpha value is -0.650. The van der Waals surface area contributed by atoms with E-state index < -0.39 is 0 Å². The fourth-order valence-electron chi connectivity index (χ4n) is 5.72. The molecule has 29 heavy (non-hydrogen) atoms. The third-order valence-electron chi connectivity index (χ3n) is 7.35. The molecular formula is C24H36N2OS2. The largest absolute Gasteiger partial charge is 0.352 e. The molecule has 3 atom stereocenters. The van der Waals surface area contributed by atoms with Crippen molar-refractivity contribution >= 4 is 29.4 Å². The van der Waals surface area contributed by atoms with Crippen molar-refractivity contribution in [3.63, 3.8) is 0 Å². The maximum Gasteiger partial charge on any atom is 0.223 e. The molecule has 1 heterocycles. The SMILES string of the molecule is CCN(CC)Cc1ccccc1CNC(=O)C1C[C@H]2CCC[C@@H](C1)C21SCCS1. The van der Waals surface area contributed by atoms with Gasteiger partial charge in [0.15, 0.2) is 0 Å². The van der Waals surface area contributed by atoms with Gasteiger partial charge in [-0.15, -0.1) is 23.5 Å². The van der Waals surface area contributed by atoms with Gasteiger partial charge in [-0.1, -0.05) is 44.5 Å². The number of carbonyl (C=O) groups is 1. The van der Waals surface area contributed by atoms with E-state index in [-0.39, 0.29) is 5.92 Å². The molecule has 2 saturated carbocycles. The van der Waals surface area contributed by atoms with Crippen LogP contribution < -0.4 is 5.32 Å². The molecule has 0 aromatic heterocycles. The first-order chi connectivity index (χ1) is 14.2. The summed E-state index contributed by atoms with van der Waals surface area (Å²) in [5, 5.41) is 3.32. The number of hydrogen-bond acceptors (Lipinski definition) is 4. The van der Waals surface area contributed by atoms with Gasteiger partial charge < -0.3 is 5.32 Å². The van der Waals surface area contributed by atoms with Crippen molar-refractivity contribution in [2.45, 2.75) is 63.1 Å². The molecule has 2 bridgehead atoms. The van der Waals surface area contributed by atoms with Gasteiger partial charge in [-0.25, -0.2) is 0 Å². The Morgan fingerprint density at radius 1 is 1.07 bits per heavy atom. The number of nitrogens with one attached hydrogen (secondary N) is 1. The van der Waals surface area contributed by atoms with Gasteiger partial charge >= 0.3 is 0 Å². The summed E-state index contributed by atoms with van der Waals surface area (Å²) in [6, 6.07) is 8.60. The highest BCUT2D eigenvalue weighted by molar-refractivity contribution is 8.21. The summed E-state index contributed by atoms with van der Waals surface area (Å²) in [5.41, 5.74) is 2.61. The Kier molecular flexibility index (Phi) is 7.18. The van der Waals surface area contributed by atoms with Crippen molar-refractivity contribution in [2.24, 2.45) is 17.8 Å². The molecular weight excluding hydrogens is 396 g/mol. The van der Waals surface area contributed by atoms with E-state index in [1.54, 1.807) is 0 Å². The summed E-state index contributed by atoms with van der Waals surface area (Å²) in [6.07, 6.45) is 6.22. The molecule has 5 heteroatoms. The molecule has 1 spiro atoms. The Morgan fingerprint density at radius 3 is 2.31 bits per heavy atom. The lowest BCUT2D eigenvalue weighted by atomic mass is 9.67. The van der Waals surface area contributed by atoms with Crippen LogP contribution in [0.4, 0.5) is 0 Å². The predicted octanol–water partition coefficient (Wildman–Crippen LogP) is 5.15. The summed E-state index contributed by atoms with van der Waals surface area (Å²) in [5.74, 6) is 4.59. The zero-order valence-corrected chi connectivity index (χ0v) is 19.6. The third-order valence-corrected chi connectivity index (χ3v) is 11.4. The van der Waals surface area contributed by atoms with Crippen molar-refractivity contribution in [3.05, 3.63) is 35.4 Å². The number of thioether (sulfide) groups is 2. The van der Waals surface area contributed by atoms with Crippen LogP contribution in [0.5, 0.6) is 0 Å². The maximum atomic E-state index is 13.1. The molecule has 160 valence electrons. The first-order valence-electron chi connectivity index (χ1n) is 11.5. The highest BCUT2D eigenvalue weighted by Crippen LogP contribution is 2.64. The number of nitrogens with zero attached hydrogens (tertiary/aromatic N) is 1. The van der Waals surface area contributed by atoms with Crippen LogP contribution in [0.2, 0.25) is 0 Å². The molecule has 1 aromatic rings. The van der Waals surface area contributed by atoms with Crippen LogP contribution >= 0.6 is 23.5 Å². The lowest BCUT2D eigenvalue weighted by Gasteiger charge is -2.52. The molecule has 1 amide bonds. The molecule has 3 aliphatic rings. The second kappa shape index (κ2) is 9.65. The molecule has 1 saturated heterocycles. The molecule has 0 radical (unpaired) electrons. The van der Waals surface area contributed by atoms with Crippen LogP contribution in [0.1, 0.15) is 57.1 Å². The van der Waals surface area contributed by atoms with E-state index in [0.29, 0.717) is 16.5 Å². The van der Waals surface area contributed by atoms with Gasteiger partial charge in [-0.2, -0.15) is 0 Å². The molecule has 1 aliphatic heterocycles. The summed E-state index contributed by atoms with van der Waals surface area (Å²) in [7, 11) is 0. The minimum absolute atomic E-state index is 0.215. The topological polar surface area (TPSA) is 32.3 Å². The molecule has 4 rings (SSSR count). The third kappa shape index (κ3) is 4.52. The fraction of sp³-hybridized carbons (Fsp3) is 0.708. The van der Waals surface area contributed by atoms with Gasteiger partial charge in [0.25, 0.3) is 0 Å². The molecule has 3 nitrogen and oxygen atoms in total. The average molecular weight is 433 g/mol. The smallest absolute Gasteiger partial charge is 0.223 e. The molecule has 1 unspecified atom stereocenters. The number of carbonyl (C=O) groups excluding carboxylic acids is 1. The summed E-state index contributed by atoms with van der Waals surface area (Å²) < 4.78 is 0.450. The van der Waals surface area contributed by atoms with Crippen molar-refractivity contribution in [2.75, 3.05) is 24.6 Å². The van der Waals surface area contributed by atoms with E-state index in [4.69, 9.17) is 0 Å². The van der Waals surface area contributed by atoms with E-state index in [2.05, 4.69) is 71.9 Å². The van der Waals surface area contributed by atoms with Crippen LogP contribution in [0.3, 0.4) is 0 Å². The van der Waals surface area contributed by atoms with Gasteiger partial charge in [0.05, 0.1) is 4.08 Å². The quantitative estimate of drug-likeness (QED) is 0.646. The number of rotatable bonds is 7. The Balaban J connectivity index is 1.37. The van der Waals surface area contributed by atoms with Crippen molar-refractivity contribution in [1.29, 1.82) is 0 Å². The molecule has 1 aromatic carbocycles. The van der Waals surface area contributed by atoms with Gasteiger partial charge in [-0.3, -0.25) is 9.69 Å². The number of benzene rings is 1. The minimum Gasteiger partial charge on any atom is -0.352 e. The van der Waals surface area contributed by atoms with E-state index in [9.17, 15) is 4.79 Å². The lowest BCUT2D eigenvalue weighted by Crippen LogP contribution is -2.49. The van der Waals surface area contributed by atoms with Crippen LogP contribution in [-0.4, -0.2) is 39.5 Å². The molecule has 1 N–H and O–H groups in total. The van der Waals surface area contributed by atoms with Crippen LogP contribution in [0.25, 0.3) is 0 Å². The van der Waals surface area contributed by atoms with Gasteiger partial charge in [0.1, 0.15) is 0 Å². The summed E-state index contributed by atoms with van der Waals surface area (Å²) in [4.78, 5) is 15.5. The van der Waals surface area contributed by atoms with Crippen molar-refractivity contribution in [3.8, 4) is 0 Å². The summed E-state index contributed by atoms with van der Waals surface area (Å²) in [6.45, 7) is 8.16. The maximum absolute atomic E-state index is 13.1. The van der Waals surface area contributed by atoms with Crippen LogP contribution in [-0.2, 0) is 17.9 Å². The fourth-order valence-corrected chi connectivity index (χ4v) is 9.66. The first-order valence-corrected chi connectivity index (χ1v) is 13.5.